The molecule has 0 aliphatic heterocycles. The van der Waals surface area contributed by atoms with Crippen LogP contribution in [0.3, 0.4) is 0 Å². The van der Waals surface area contributed by atoms with Gasteiger partial charge in [-0.25, -0.2) is 0 Å². The summed E-state index contributed by atoms with van der Waals surface area (Å²) in [5, 5.41) is 11.4. The highest BCUT2D eigenvalue weighted by molar-refractivity contribution is 7.80. The van der Waals surface area contributed by atoms with Crippen LogP contribution in [-0.4, -0.2) is 41.2 Å². The van der Waals surface area contributed by atoms with Gasteiger partial charge in [-0.1, -0.05) is 0 Å². The first-order chi connectivity index (χ1) is 9.22. The summed E-state index contributed by atoms with van der Waals surface area (Å²) in [7, 11) is 0. The molecule has 1 rings (SSSR count). The summed E-state index contributed by atoms with van der Waals surface area (Å²) in [6.45, 7) is 8.17. The fourth-order valence-corrected chi connectivity index (χ4v) is 1.82. The maximum atomic E-state index is 5.25. The van der Waals surface area contributed by atoms with Crippen LogP contribution < -0.4 is 10.6 Å². The number of aromatic nitrogens is 2. The van der Waals surface area contributed by atoms with Crippen LogP contribution in [0.2, 0.25) is 0 Å². The highest BCUT2D eigenvalue weighted by atomic mass is 32.1. The van der Waals surface area contributed by atoms with E-state index < -0.39 is 0 Å². The number of hydrogen-bond donors (Lipinski definition) is 2. The molecule has 19 heavy (non-hydrogen) atoms. The molecule has 0 amide bonds. The molecule has 0 radical (unpaired) electrons. The number of aryl methyl sites for hydroxylation is 2. The zero-order chi connectivity index (χ0) is 13.9. The van der Waals surface area contributed by atoms with Gasteiger partial charge < -0.3 is 15.4 Å². The lowest BCUT2D eigenvalue weighted by Crippen LogP contribution is -2.36. The summed E-state index contributed by atoms with van der Waals surface area (Å²) in [6.07, 6.45) is 3.98. The molecular weight excluding hydrogens is 260 g/mol. The number of nitrogens with zero attached hydrogens (tertiary/aromatic N) is 2. The van der Waals surface area contributed by atoms with Gasteiger partial charge in [0.1, 0.15) is 0 Å². The molecule has 0 bridgehead atoms. The van der Waals surface area contributed by atoms with E-state index in [1.165, 1.54) is 0 Å². The van der Waals surface area contributed by atoms with Crippen molar-refractivity contribution in [3.63, 3.8) is 0 Å². The SMILES string of the molecule is CCOCCCNC(=S)NCCCn1ccc(C)n1. The highest BCUT2D eigenvalue weighted by Gasteiger charge is 1.96. The zero-order valence-electron chi connectivity index (χ0n) is 11.8. The third-order valence-electron chi connectivity index (χ3n) is 2.58. The Morgan fingerprint density at radius 3 is 2.74 bits per heavy atom. The lowest BCUT2D eigenvalue weighted by atomic mass is 10.4. The van der Waals surface area contributed by atoms with Gasteiger partial charge in [0.15, 0.2) is 5.11 Å². The molecule has 6 heteroatoms. The Kier molecular flexibility index (Phi) is 8.16. The van der Waals surface area contributed by atoms with Gasteiger partial charge in [0.05, 0.1) is 5.69 Å². The summed E-state index contributed by atoms with van der Waals surface area (Å²) in [6, 6.07) is 2.01. The first-order valence-electron chi connectivity index (χ1n) is 6.82. The van der Waals surface area contributed by atoms with Crippen molar-refractivity contribution in [1.82, 2.24) is 20.4 Å². The third kappa shape index (κ3) is 7.79. The first kappa shape index (κ1) is 15.9. The second-order valence-electron chi connectivity index (χ2n) is 4.31. The molecule has 1 heterocycles. The minimum atomic E-state index is 0.716. The number of ether oxygens (including phenoxy) is 1. The number of thiocarbonyl (C=S) groups is 1. The van der Waals surface area contributed by atoms with Crippen molar-refractivity contribution in [1.29, 1.82) is 0 Å². The van der Waals surface area contributed by atoms with E-state index in [0.717, 1.165) is 51.4 Å². The lowest BCUT2D eigenvalue weighted by molar-refractivity contribution is 0.145. The molecule has 5 nitrogen and oxygen atoms in total. The molecule has 0 spiro atoms. The standard InChI is InChI=1S/C13H24N4OS/c1-3-18-11-5-8-15-13(19)14-7-4-9-17-10-6-12(2)16-17/h6,10H,3-5,7-9,11H2,1-2H3,(H2,14,15,19). The summed E-state index contributed by atoms with van der Waals surface area (Å²) in [4.78, 5) is 0. The van der Waals surface area contributed by atoms with Gasteiger partial charge in [0, 0.05) is 39.0 Å². The molecule has 0 unspecified atom stereocenters. The van der Waals surface area contributed by atoms with E-state index in [0.29, 0.717) is 5.11 Å². The Labute approximate surface area is 120 Å². The number of nitrogens with one attached hydrogen (secondary N) is 2. The average Bonchev–Trinajstić information content (AvgIpc) is 2.80. The highest BCUT2D eigenvalue weighted by Crippen LogP contribution is 1.93. The predicted octanol–water partition coefficient (Wildman–Crippen LogP) is 1.47. The Morgan fingerprint density at radius 2 is 2.11 bits per heavy atom. The molecule has 0 saturated carbocycles. The number of hydrogen-bond acceptors (Lipinski definition) is 3. The smallest absolute Gasteiger partial charge is 0.166 e. The zero-order valence-corrected chi connectivity index (χ0v) is 12.6. The summed E-state index contributed by atoms with van der Waals surface area (Å²) in [5.74, 6) is 0. The van der Waals surface area contributed by atoms with Gasteiger partial charge in [0.25, 0.3) is 0 Å². The fraction of sp³-hybridized carbons (Fsp3) is 0.692. The molecule has 0 aliphatic rings. The van der Waals surface area contributed by atoms with Crippen molar-refractivity contribution in [2.75, 3.05) is 26.3 Å². The quantitative estimate of drug-likeness (QED) is 0.531. The number of rotatable bonds is 9. The van der Waals surface area contributed by atoms with Crippen LogP contribution in [-0.2, 0) is 11.3 Å². The Bertz CT molecular complexity index is 367. The van der Waals surface area contributed by atoms with Crippen molar-refractivity contribution < 1.29 is 4.74 Å². The van der Waals surface area contributed by atoms with Crippen molar-refractivity contribution in [2.24, 2.45) is 0 Å². The van der Waals surface area contributed by atoms with Gasteiger partial charge in [0.2, 0.25) is 0 Å². The third-order valence-corrected chi connectivity index (χ3v) is 2.87. The minimum Gasteiger partial charge on any atom is -0.382 e. The largest absolute Gasteiger partial charge is 0.382 e. The van der Waals surface area contributed by atoms with Crippen LogP contribution in [0.4, 0.5) is 0 Å². The first-order valence-corrected chi connectivity index (χ1v) is 7.22. The molecule has 2 N–H and O–H groups in total. The van der Waals surface area contributed by atoms with Gasteiger partial charge >= 0.3 is 0 Å². The minimum absolute atomic E-state index is 0.716. The second-order valence-corrected chi connectivity index (χ2v) is 4.72. The van der Waals surface area contributed by atoms with E-state index in [2.05, 4.69) is 15.7 Å². The lowest BCUT2D eigenvalue weighted by Gasteiger charge is -2.10. The summed E-state index contributed by atoms with van der Waals surface area (Å²) < 4.78 is 7.21. The van der Waals surface area contributed by atoms with Crippen LogP contribution in [0.15, 0.2) is 12.3 Å². The maximum absolute atomic E-state index is 5.25. The van der Waals surface area contributed by atoms with Crippen LogP contribution in [0, 0.1) is 6.92 Å². The molecule has 0 saturated heterocycles. The Morgan fingerprint density at radius 1 is 1.37 bits per heavy atom. The van der Waals surface area contributed by atoms with Crippen LogP contribution in [0.25, 0.3) is 0 Å². The van der Waals surface area contributed by atoms with Crippen molar-refractivity contribution in [3.8, 4) is 0 Å². The molecular formula is C13H24N4OS. The van der Waals surface area contributed by atoms with E-state index in [1.54, 1.807) is 0 Å². The van der Waals surface area contributed by atoms with Gasteiger partial charge in [-0.05, 0) is 45.0 Å². The average molecular weight is 284 g/mol. The van der Waals surface area contributed by atoms with Crippen molar-refractivity contribution in [2.45, 2.75) is 33.2 Å². The molecule has 1 aromatic heterocycles. The van der Waals surface area contributed by atoms with Crippen molar-refractivity contribution in [3.05, 3.63) is 18.0 Å². The van der Waals surface area contributed by atoms with E-state index in [-0.39, 0.29) is 0 Å². The van der Waals surface area contributed by atoms with Crippen LogP contribution in [0.5, 0.6) is 0 Å². The Balaban J connectivity index is 1.95. The Hall–Kier alpha value is -1.14. The normalized spacial score (nSPS) is 10.4. The van der Waals surface area contributed by atoms with E-state index in [9.17, 15) is 0 Å². The molecule has 1 aromatic rings. The summed E-state index contributed by atoms with van der Waals surface area (Å²) >= 11 is 5.18. The topological polar surface area (TPSA) is 51.1 Å². The van der Waals surface area contributed by atoms with Gasteiger partial charge in [-0.2, -0.15) is 5.10 Å². The molecule has 108 valence electrons. The van der Waals surface area contributed by atoms with E-state index in [1.807, 2.05) is 30.8 Å². The molecule has 0 atom stereocenters. The molecule has 0 fully saturated rings. The van der Waals surface area contributed by atoms with E-state index in [4.69, 9.17) is 17.0 Å². The molecule has 0 aromatic carbocycles. The van der Waals surface area contributed by atoms with Gasteiger partial charge in [-0.3, -0.25) is 4.68 Å². The van der Waals surface area contributed by atoms with Crippen LogP contribution >= 0.6 is 12.2 Å². The fourth-order valence-electron chi connectivity index (χ4n) is 1.61. The summed E-state index contributed by atoms with van der Waals surface area (Å²) in [5.41, 5.74) is 1.06. The van der Waals surface area contributed by atoms with E-state index >= 15 is 0 Å². The van der Waals surface area contributed by atoms with Gasteiger partial charge in [-0.15, -0.1) is 0 Å². The predicted molar refractivity (Wildman–Crippen MR) is 81.3 cm³/mol. The molecule has 0 aliphatic carbocycles. The maximum Gasteiger partial charge on any atom is 0.166 e. The monoisotopic (exact) mass is 284 g/mol. The second kappa shape index (κ2) is 9.75. The van der Waals surface area contributed by atoms with Crippen LogP contribution in [0.1, 0.15) is 25.5 Å². The van der Waals surface area contributed by atoms with Crippen molar-refractivity contribution >= 4 is 17.3 Å².